The fourth-order valence-corrected chi connectivity index (χ4v) is 2.42. The standard InChI is InChI=1S/C14H20O2S/c1-9-6-11(17-8-10(2)15)7-12(13(9)16)14(3,4)5/h6-7,16H,8H2,1-5H3. The van der Waals surface area contributed by atoms with E-state index in [1.165, 1.54) is 11.8 Å². The second-order valence-corrected chi connectivity index (χ2v) is 6.43. The van der Waals surface area contributed by atoms with Crippen LogP contribution in [0.5, 0.6) is 5.75 Å². The zero-order chi connectivity index (χ0) is 13.2. The molecule has 0 atom stereocenters. The van der Waals surface area contributed by atoms with Gasteiger partial charge in [0.1, 0.15) is 11.5 Å². The Morgan fingerprint density at radius 1 is 1.35 bits per heavy atom. The number of aryl methyl sites for hydroxylation is 1. The Morgan fingerprint density at radius 3 is 2.41 bits per heavy atom. The molecule has 0 aromatic heterocycles. The van der Waals surface area contributed by atoms with Gasteiger partial charge in [-0.1, -0.05) is 20.8 Å². The summed E-state index contributed by atoms with van der Waals surface area (Å²) in [6.45, 7) is 9.69. The zero-order valence-electron chi connectivity index (χ0n) is 11.1. The van der Waals surface area contributed by atoms with Gasteiger partial charge in [-0.15, -0.1) is 11.8 Å². The van der Waals surface area contributed by atoms with Crippen LogP contribution in [-0.4, -0.2) is 16.6 Å². The Labute approximate surface area is 107 Å². The van der Waals surface area contributed by atoms with Crippen molar-refractivity contribution in [1.82, 2.24) is 0 Å². The molecule has 0 spiro atoms. The van der Waals surface area contributed by atoms with Gasteiger partial charge in [0.2, 0.25) is 0 Å². The zero-order valence-corrected chi connectivity index (χ0v) is 11.9. The fraction of sp³-hybridized carbons (Fsp3) is 0.500. The van der Waals surface area contributed by atoms with Gasteiger partial charge in [-0.2, -0.15) is 0 Å². The van der Waals surface area contributed by atoms with Crippen LogP contribution in [0.15, 0.2) is 17.0 Å². The van der Waals surface area contributed by atoms with E-state index >= 15 is 0 Å². The van der Waals surface area contributed by atoms with Crippen molar-refractivity contribution in [2.45, 2.75) is 44.9 Å². The Morgan fingerprint density at radius 2 is 1.94 bits per heavy atom. The molecule has 3 heteroatoms. The van der Waals surface area contributed by atoms with Crippen LogP contribution in [0.25, 0.3) is 0 Å². The van der Waals surface area contributed by atoms with Crippen LogP contribution in [0.2, 0.25) is 0 Å². The Kier molecular flexibility index (Phi) is 4.26. The summed E-state index contributed by atoms with van der Waals surface area (Å²) in [6, 6.07) is 3.91. The topological polar surface area (TPSA) is 37.3 Å². The molecule has 0 saturated carbocycles. The molecule has 0 fully saturated rings. The lowest BCUT2D eigenvalue weighted by Gasteiger charge is -2.22. The predicted octanol–water partition coefficient (Wildman–Crippen LogP) is 3.68. The van der Waals surface area contributed by atoms with Gasteiger partial charge in [-0.25, -0.2) is 0 Å². The first-order valence-electron chi connectivity index (χ1n) is 5.68. The van der Waals surface area contributed by atoms with Crippen molar-refractivity contribution >= 4 is 17.5 Å². The molecular weight excluding hydrogens is 232 g/mol. The first kappa shape index (κ1) is 14.1. The number of phenolic OH excluding ortho intramolecular Hbond substituents is 1. The maximum absolute atomic E-state index is 11.0. The molecule has 0 saturated heterocycles. The van der Waals surface area contributed by atoms with Crippen molar-refractivity contribution in [3.63, 3.8) is 0 Å². The molecule has 0 aliphatic rings. The van der Waals surface area contributed by atoms with E-state index in [0.717, 1.165) is 16.0 Å². The predicted molar refractivity (Wildman–Crippen MR) is 72.9 cm³/mol. The minimum atomic E-state index is -0.0956. The fourth-order valence-electron chi connectivity index (χ4n) is 1.59. The maximum atomic E-state index is 11.0. The first-order chi connectivity index (χ1) is 7.71. The molecule has 0 unspecified atom stereocenters. The second kappa shape index (κ2) is 5.13. The summed E-state index contributed by atoms with van der Waals surface area (Å²) in [5.41, 5.74) is 1.70. The minimum absolute atomic E-state index is 0.0956. The molecule has 0 aliphatic carbocycles. The van der Waals surface area contributed by atoms with Crippen LogP contribution < -0.4 is 0 Å². The highest BCUT2D eigenvalue weighted by Crippen LogP contribution is 2.36. The highest BCUT2D eigenvalue weighted by molar-refractivity contribution is 8.00. The van der Waals surface area contributed by atoms with E-state index < -0.39 is 0 Å². The average Bonchev–Trinajstić information content (AvgIpc) is 2.17. The molecule has 1 N–H and O–H groups in total. The quantitative estimate of drug-likeness (QED) is 0.834. The lowest BCUT2D eigenvalue weighted by Crippen LogP contribution is -2.12. The summed E-state index contributed by atoms with van der Waals surface area (Å²) in [7, 11) is 0. The van der Waals surface area contributed by atoms with E-state index in [9.17, 15) is 9.90 Å². The van der Waals surface area contributed by atoms with Crippen LogP contribution in [0.1, 0.15) is 38.8 Å². The number of carbonyl (C=O) groups excluding carboxylic acids is 1. The van der Waals surface area contributed by atoms with Crippen LogP contribution in [0.4, 0.5) is 0 Å². The van der Waals surface area contributed by atoms with Crippen LogP contribution in [-0.2, 0) is 10.2 Å². The lowest BCUT2D eigenvalue weighted by atomic mass is 9.85. The number of aromatic hydroxyl groups is 1. The number of thioether (sulfide) groups is 1. The molecule has 2 nitrogen and oxygen atoms in total. The molecule has 0 aliphatic heterocycles. The molecule has 1 aromatic carbocycles. The second-order valence-electron chi connectivity index (χ2n) is 5.38. The van der Waals surface area contributed by atoms with E-state index in [0.29, 0.717) is 11.5 Å². The minimum Gasteiger partial charge on any atom is -0.507 e. The Bertz CT molecular complexity index is 431. The largest absolute Gasteiger partial charge is 0.507 e. The summed E-state index contributed by atoms with van der Waals surface area (Å²) in [6.07, 6.45) is 0. The normalized spacial score (nSPS) is 11.6. The van der Waals surface area contributed by atoms with Gasteiger partial charge < -0.3 is 5.11 Å². The van der Waals surface area contributed by atoms with Crippen LogP contribution in [0, 0.1) is 6.92 Å². The van der Waals surface area contributed by atoms with E-state index in [1.54, 1.807) is 6.92 Å². The van der Waals surface area contributed by atoms with E-state index in [1.807, 2.05) is 19.1 Å². The third-order valence-corrected chi connectivity index (χ3v) is 3.64. The Hall–Kier alpha value is -0.960. The van der Waals surface area contributed by atoms with Crippen molar-refractivity contribution in [3.05, 3.63) is 23.3 Å². The van der Waals surface area contributed by atoms with Gasteiger partial charge in [-0.3, -0.25) is 4.79 Å². The molecule has 17 heavy (non-hydrogen) atoms. The highest BCUT2D eigenvalue weighted by atomic mass is 32.2. The van der Waals surface area contributed by atoms with Crippen molar-refractivity contribution in [2.75, 3.05) is 5.75 Å². The number of hydrogen-bond donors (Lipinski definition) is 1. The summed E-state index contributed by atoms with van der Waals surface area (Å²) < 4.78 is 0. The lowest BCUT2D eigenvalue weighted by molar-refractivity contribution is -0.114. The number of hydrogen-bond acceptors (Lipinski definition) is 3. The smallest absolute Gasteiger partial charge is 0.140 e. The molecule has 0 heterocycles. The van der Waals surface area contributed by atoms with Crippen molar-refractivity contribution in [3.8, 4) is 5.75 Å². The first-order valence-corrected chi connectivity index (χ1v) is 6.66. The van der Waals surface area contributed by atoms with Gasteiger partial charge in [0.15, 0.2) is 0 Å². The number of carbonyl (C=O) groups is 1. The Balaban J connectivity index is 3.11. The van der Waals surface area contributed by atoms with Crippen molar-refractivity contribution in [2.24, 2.45) is 0 Å². The van der Waals surface area contributed by atoms with E-state index in [2.05, 4.69) is 20.8 Å². The summed E-state index contributed by atoms with van der Waals surface area (Å²) >= 11 is 1.52. The van der Waals surface area contributed by atoms with E-state index in [-0.39, 0.29) is 11.2 Å². The van der Waals surface area contributed by atoms with Crippen molar-refractivity contribution < 1.29 is 9.90 Å². The number of benzene rings is 1. The summed E-state index contributed by atoms with van der Waals surface area (Å²) in [5.74, 6) is 1.01. The monoisotopic (exact) mass is 252 g/mol. The molecule has 94 valence electrons. The van der Waals surface area contributed by atoms with Crippen LogP contribution >= 0.6 is 11.8 Å². The van der Waals surface area contributed by atoms with Gasteiger partial charge in [0.25, 0.3) is 0 Å². The van der Waals surface area contributed by atoms with Crippen LogP contribution in [0.3, 0.4) is 0 Å². The summed E-state index contributed by atoms with van der Waals surface area (Å²) in [4.78, 5) is 12.0. The average molecular weight is 252 g/mol. The number of phenols is 1. The SMILES string of the molecule is CC(=O)CSc1cc(C)c(O)c(C(C)(C)C)c1. The molecular formula is C14H20O2S. The van der Waals surface area contributed by atoms with E-state index in [4.69, 9.17) is 0 Å². The van der Waals surface area contributed by atoms with Gasteiger partial charge in [0.05, 0.1) is 5.75 Å². The van der Waals surface area contributed by atoms with Gasteiger partial charge in [-0.05, 0) is 37.0 Å². The van der Waals surface area contributed by atoms with Gasteiger partial charge >= 0.3 is 0 Å². The number of Topliss-reactive ketones (excluding diaryl/α,β-unsaturated/α-hetero) is 1. The molecule has 0 amide bonds. The molecule has 1 rings (SSSR count). The third kappa shape index (κ3) is 3.77. The number of rotatable bonds is 3. The summed E-state index contributed by atoms with van der Waals surface area (Å²) in [5, 5.41) is 10.1. The molecule has 0 radical (unpaired) electrons. The molecule has 1 aromatic rings. The third-order valence-electron chi connectivity index (χ3n) is 2.52. The van der Waals surface area contributed by atoms with Crippen molar-refractivity contribution in [1.29, 1.82) is 0 Å². The highest BCUT2D eigenvalue weighted by Gasteiger charge is 2.20. The van der Waals surface area contributed by atoms with Gasteiger partial charge in [0, 0.05) is 10.5 Å². The molecule has 0 bridgehead atoms. The maximum Gasteiger partial charge on any atom is 0.140 e. The number of ketones is 1.